The molecule has 1 aliphatic rings. The minimum atomic E-state index is -0.102. The highest BCUT2D eigenvalue weighted by Crippen LogP contribution is 2.32. The first-order valence-corrected chi connectivity index (χ1v) is 6.17. The van der Waals surface area contributed by atoms with Gasteiger partial charge in [-0.3, -0.25) is 4.79 Å². The van der Waals surface area contributed by atoms with E-state index in [0.717, 1.165) is 17.3 Å². The average molecular weight is 289 g/mol. The summed E-state index contributed by atoms with van der Waals surface area (Å²) < 4.78 is 1.05. The van der Waals surface area contributed by atoms with Gasteiger partial charge in [0.05, 0.1) is 6.04 Å². The molecule has 0 saturated carbocycles. The molecule has 15 heavy (non-hydrogen) atoms. The van der Waals surface area contributed by atoms with Crippen molar-refractivity contribution in [3.05, 3.63) is 33.8 Å². The van der Waals surface area contributed by atoms with Crippen LogP contribution >= 0.6 is 27.5 Å². The maximum Gasteiger partial charge on any atom is 0.235 e. The standard InChI is InChI=1S/C11H11BrClNO/c12-8-3-1-7-2-4-10(9(7)5-8)14-11(15)6-13/h1,3,5,10H,2,4,6H2,(H,14,15)/t10-/m0/s1. The fourth-order valence-corrected chi connectivity index (χ4v) is 2.41. The summed E-state index contributed by atoms with van der Waals surface area (Å²) in [7, 11) is 0. The third kappa shape index (κ3) is 2.34. The van der Waals surface area contributed by atoms with Crippen molar-refractivity contribution >= 4 is 33.4 Å². The van der Waals surface area contributed by atoms with Crippen LogP contribution in [0.1, 0.15) is 23.6 Å². The molecule has 0 saturated heterocycles. The fraction of sp³-hybridized carbons (Fsp3) is 0.364. The van der Waals surface area contributed by atoms with Gasteiger partial charge in [-0.05, 0) is 36.1 Å². The number of halogens is 2. The van der Waals surface area contributed by atoms with Crippen LogP contribution in [0.4, 0.5) is 0 Å². The first-order valence-electron chi connectivity index (χ1n) is 4.84. The van der Waals surface area contributed by atoms with E-state index in [2.05, 4.69) is 33.4 Å². The van der Waals surface area contributed by atoms with E-state index < -0.39 is 0 Å². The lowest BCUT2D eigenvalue weighted by molar-refractivity contribution is -0.119. The van der Waals surface area contributed by atoms with Gasteiger partial charge in [-0.15, -0.1) is 11.6 Å². The van der Waals surface area contributed by atoms with E-state index in [1.54, 1.807) is 0 Å². The van der Waals surface area contributed by atoms with Crippen molar-refractivity contribution in [3.63, 3.8) is 0 Å². The molecule has 0 fully saturated rings. The second-order valence-corrected chi connectivity index (χ2v) is 4.82. The van der Waals surface area contributed by atoms with Crippen molar-refractivity contribution in [3.8, 4) is 0 Å². The van der Waals surface area contributed by atoms with Crippen LogP contribution in [-0.4, -0.2) is 11.8 Å². The highest BCUT2D eigenvalue weighted by molar-refractivity contribution is 9.10. The Hall–Kier alpha value is -0.540. The molecule has 2 rings (SSSR count). The van der Waals surface area contributed by atoms with Gasteiger partial charge in [-0.2, -0.15) is 0 Å². The Morgan fingerprint density at radius 3 is 3.13 bits per heavy atom. The zero-order valence-corrected chi connectivity index (χ0v) is 10.4. The summed E-state index contributed by atoms with van der Waals surface area (Å²) in [5.74, 6) is -0.0747. The van der Waals surface area contributed by atoms with Crippen LogP contribution < -0.4 is 5.32 Å². The van der Waals surface area contributed by atoms with E-state index >= 15 is 0 Å². The highest BCUT2D eigenvalue weighted by atomic mass is 79.9. The molecule has 0 aliphatic heterocycles. The quantitative estimate of drug-likeness (QED) is 0.833. The number of hydrogen-bond acceptors (Lipinski definition) is 1. The molecule has 1 aromatic rings. The number of hydrogen-bond donors (Lipinski definition) is 1. The predicted molar refractivity (Wildman–Crippen MR) is 64.1 cm³/mol. The molecular formula is C11H11BrClNO. The molecule has 4 heteroatoms. The van der Waals surface area contributed by atoms with Gasteiger partial charge in [-0.25, -0.2) is 0 Å². The van der Waals surface area contributed by atoms with Gasteiger partial charge in [0.15, 0.2) is 0 Å². The first kappa shape index (κ1) is 11.0. The third-order valence-corrected chi connectivity index (χ3v) is 3.38. The van der Waals surface area contributed by atoms with E-state index in [4.69, 9.17) is 11.6 Å². The number of aryl methyl sites for hydroxylation is 1. The normalized spacial score (nSPS) is 18.7. The average Bonchev–Trinajstić information content (AvgIpc) is 2.61. The summed E-state index contributed by atoms with van der Waals surface area (Å²) in [6.07, 6.45) is 1.99. The fourth-order valence-electron chi connectivity index (χ4n) is 1.96. The zero-order chi connectivity index (χ0) is 10.8. The lowest BCUT2D eigenvalue weighted by Crippen LogP contribution is -2.27. The van der Waals surface area contributed by atoms with Crippen LogP contribution in [0.25, 0.3) is 0 Å². The molecule has 0 unspecified atom stereocenters. The summed E-state index contributed by atoms with van der Waals surface area (Å²) in [6.45, 7) is 0. The Labute approximate surface area is 102 Å². The molecule has 0 spiro atoms. The van der Waals surface area contributed by atoms with Crippen LogP contribution in [-0.2, 0) is 11.2 Å². The van der Waals surface area contributed by atoms with E-state index in [-0.39, 0.29) is 17.8 Å². The maximum atomic E-state index is 11.2. The van der Waals surface area contributed by atoms with Gasteiger partial charge < -0.3 is 5.32 Å². The number of amides is 1. The number of rotatable bonds is 2. The second kappa shape index (κ2) is 4.54. The molecule has 0 bridgehead atoms. The largest absolute Gasteiger partial charge is 0.348 e. The monoisotopic (exact) mass is 287 g/mol. The second-order valence-electron chi connectivity index (χ2n) is 3.64. The minimum Gasteiger partial charge on any atom is -0.348 e. The SMILES string of the molecule is O=C(CCl)N[C@H]1CCc2ccc(Br)cc21. The van der Waals surface area contributed by atoms with Crippen LogP contribution in [0.2, 0.25) is 0 Å². The van der Waals surface area contributed by atoms with Crippen molar-refractivity contribution in [1.82, 2.24) is 5.32 Å². The van der Waals surface area contributed by atoms with Crippen molar-refractivity contribution < 1.29 is 4.79 Å². The summed E-state index contributed by atoms with van der Waals surface area (Å²) in [6, 6.07) is 6.34. The van der Waals surface area contributed by atoms with Crippen LogP contribution in [0.3, 0.4) is 0 Å². The first-order chi connectivity index (χ1) is 7.20. The van der Waals surface area contributed by atoms with Gasteiger partial charge in [0.2, 0.25) is 5.91 Å². The van der Waals surface area contributed by atoms with Gasteiger partial charge >= 0.3 is 0 Å². The summed E-state index contributed by atoms with van der Waals surface area (Å²) in [5.41, 5.74) is 2.53. The number of benzene rings is 1. The Balaban J connectivity index is 2.20. The van der Waals surface area contributed by atoms with Crippen LogP contribution in [0.5, 0.6) is 0 Å². The lowest BCUT2D eigenvalue weighted by Gasteiger charge is -2.13. The molecule has 1 aromatic carbocycles. The Bertz CT molecular complexity index is 394. The molecule has 0 aromatic heterocycles. The van der Waals surface area contributed by atoms with E-state index in [0.29, 0.717) is 0 Å². The molecule has 1 amide bonds. The summed E-state index contributed by atoms with van der Waals surface area (Å²) in [5, 5.41) is 2.92. The molecule has 1 aliphatic carbocycles. The van der Waals surface area contributed by atoms with Crippen molar-refractivity contribution in [2.75, 3.05) is 5.88 Å². The topological polar surface area (TPSA) is 29.1 Å². The van der Waals surface area contributed by atoms with E-state index in [1.807, 2.05) is 6.07 Å². The third-order valence-electron chi connectivity index (χ3n) is 2.64. The lowest BCUT2D eigenvalue weighted by atomic mass is 10.1. The Morgan fingerprint density at radius 2 is 2.40 bits per heavy atom. The van der Waals surface area contributed by atoms with Crippen molar-refractivity contribution in [2.45, 2.75) is 18.9 Å². The van der Waals surface area contributed by atoms with Crippen molar-refractivity contribution in [1.29, 1.82) is 0 Å². The van der Waals surface area contributed by atoms with E-state index in [9.17, 15) is 4.79 Å². The highest BCUT2D eigenvalue weighted by Gasteiger charge is 2.23. The van der Waals surface area contributed by atoms with Gasteiger partial charge in [0.1, 0.15) is 5.88 Å². The summed E-state index contributed by atoms with van der Waals surface area (Å²) in [4.78, 5) is 11.2. The van der Waals surface area contributed by atoms with Gasteiger partial charge in [0, 0.05) is 4.47 Å². The molecule has 80 valence electrons. The van der Waals surface area contributed by atoms with Gasteiger partial charge in [-0.1, -0.05) is 22.0 Å². The van der Waals surface area contributed by atoms with Gasteiger partial charge in [0.25, 0.3) is 0 Å². The number of nitrogens with one attached hydrogen (secondary N) is 1. The predicted octanol–water partition coefficient (Wildman–Crippen LogP) is 2.79. The number of fused-ring (bicyclic) bond motifs is 1. The molecular weight excluding hydrogens is 277 g/mol. The molecule has 1 atom stereocenters. The Kier molecular flexibility index (Phi) is 3.32. The summed E-state index contributed by atoms with van der Waals surface area (Å²) >= 11 is 8.90. The van der Waals surface area contributed by atoms with Crippen molar-refractivity contribution in [2.24, 2.45) is 0 Å². The zero-order valence-electron chi connectivity index (χ0n) is 8.09. The number of carbonyl (C=O) groups is 1. The van der Waals surface area contributed by atoms with E-state index in [1.165, 1.54) is 11.1 Å². The minimum absolute atomic E-state index is 0.0276. The smallest absolute Gasteiger partial charge is 0.235 e. The molecule has 0 radical (unpaired) electrons. The molecule has 1 N–H and O–H groups in total. The van der Waals surface area contributed by atoms with Crippen LogP contribution in [0.15, 0.2) is 22.7 Å². The number of carbonyl (C=O) groups excluding carboxylic acids is 1. The maximum absolute atomic E-state index is 11.2. The van der Waals surface area contributed by atoms with Crippen LogP contribution in [0, 0.1) is 0 Å². The Morgan fingerprint density at radius 1 is 1.60 bits per heavy atom. The number of alkyl halides is 1. The molecule has 2 nitrogen and oxygen atoms in total. The molecule has 0 heterocycles.